The molecule has 0 unspecified atom stereocenters. The summed E-state index contributed by atoms with van der Waals surface area (Å²) in [5, 5.41) is 4.04. The third-order valence-corrected chi connectivity index (χ3v) is 2.12. The Morgan fingerprint density at radius 2 is 2.36 bits per heavy atom. The van der Waals surface area contributed by atoms with Gasteiger partial charge in [-0.2, -0.15) is 5.10 Å². The molecule has 2 aromatic rings. The molecule has 0 fully saturated rings. The van der Waals surface area contributed by atoms with Crippen LogP contribution in [0.2, 0.25) is 0 Å². The van der Waals surface area contributed by atoms with Crippen LogP contribution in [0.3, 0.4) is 0 Å². The second-order valence-electron chi connectivity index (χ2n) is 2.37. The van der Waals surface area contributed by atoms with E-state index >= 15 is 0 Å². The van der Waals surface area contributed by atoms with Crippen LogP contribution in [0.4, 0.5) is 0 Å². The number of rotatable bonds is 0. The number of nitrogens with zero attached hydrogens (tertiary/aromatic N) is 3. The predicted molar refractivity (Wildman–Crippen MR) is 53.9 cm³/mol. The molecule has 0 bridgehead atoms. The average Bonchev–Trinajstić information content (AvgIpc) is 2.34. The zero-order valence-corrected chi connectivity index (χ0v) is 8.11. The summed E-state index contributed by atoms with van der Waals surface area (Å²) in [5.41, 5.74) is 2.10. The molecule has 3 nitrogen and oxygen atoms in total. The van der Waals surface area contributed by atoms with Crippen molar-refractivity contribution in [2.75, 3.05) is 0 Å². The Labute approximate surface area is 78.4 Å². The first kappa shape index (κ1) is 7.09. The van der Waals surface area contributed by atoms with Gasteiger partial charge in [-0.15, -0.1) is 0 Å². The topological polar surface area (TPSA) is 30.2 Å². The van der Waals surface area contributed by atoms with Crippen molar-refractivity contribution in [2.45, 2.75) is 0 Å². The molecule has 0 spiro atoms. The Balaban J connectivity index is 2.91. The van der Waals surface area contributed by atoms with Crippen LogP contribution >= 0.6 is 22.6 Å². The van der Waals surface area contributed by atoms with E-state index in [1.807, 2.05) is 14.0 Å². The fraction of sp³-hybridized carbons (Fsp3) is 0. The Bertz CT molecular complexity index is 398. The molecule has 0 aliphatic carbocycles. The molecule has 0 aliphatic rings. The van der Waals surface area contributed by atoms with E-state index in [1.54, 1.807) is 10.8 Å². The summed E-state index contributed by atoms with van der Waals surface area (Å²) in [6.45, 7) is 0. The van der Waals surface area contributed by atoms with E-state index in [9.17, 15) is 0 Å². The lowest BCUT2D eigenvalue weighted by molar-refractivity contribution is 0.959. The van der Waals surface area contributed by atoms with Crippen LogP contribution in [0, 0.1) is 3.57 Å². The second-order valence-corrected chi connectivity index (χ2v) is 3.62. The molecule has 2 heterocycles. The second kappa shape index (κ2) is 2.47. The number of hydrogen-bond donors (Lipinski definition) is 0. The molecule has 2 aromatic heterocycles. The van der Waals surface area contributed by atoms with Gasteiger partial charge in [0.1, 0.15) is 19.8 Å². The van der Waals surface area contributed by atoms with Gasteiger partial charge in [0.2, 0.25) is 0 Å². The quantitative estimate of drug-likeness (QED) is 0.474. The first-order valence-electron chi connectivity index (χ1n) is 3.23. The lowest BCUT2D eigenvalue weighted by Crippen LogP contribution is -2.08. The van der Waals surface area contributed by atoms with Crippen molar-refractivity contribution in [1.29, 1.82) is 0 Å². The van der Waals surface area contributed by atoms with Crippen LogP contribution in [0.15, 0.2) is 18.6 Å². The van der Waals surface area contributed by atoms with Gasteiger partial charge in [-0.1, -0.05) is 0 Å². The van der Waals surface area contributed by atoms with Crippen LogP contribution < -0.4 is 5.46 Å². The van der Waals surface area contributed by atoms with E-state index in [2.05, 4.69) is 38.7 Å². The van der Waals surface area contributed by atoms with Gasteiger partial charge in [0.15, 0.2) is 0 Å². The summed E-state index contributed by atoms with van der Waals surface area (Å²) in [5.74, 6) is 0. The minimum atomic E-state index is 0.936. The highest BCUT2D eigenvalue weighted by molar-refractivity contribution is 14.1. The molecule has 54 valence electrons. The highest BCUT2D eigenvalue weighted by Crippen LogP contribution is 2.02. The number of pyridine rings is 1. The van der Waals surface area contributed by atoms with Crippen molar-refractivity contribution in [3.8, 4) is 0 Å². The smallest absolute Gasteiger partial charge is 0.149 e. The van der Waals surface area contributed by atoms with E-state index in [-0.39, 0.29) is 0 Å². The zero-order valence-electron chi connectivity index (χ0n) is 5.95. The van der Waals surface area contributed by atoms with Crippen molar-refractivity contribution < 1.29 is 0 Å². The molecular weight excluding hydrogens is 252 g/mol. The fourth-order valence-electron chi connectivity index (χ4n) is 1.05. The molecule has 5 heteroatoms. The van der Waals surface area contributed by atoms with Gasteiger partial charge in [0.05, 0.1) is 0 Å². The van der Waals surface area contributed by atoms with E-state index in [0.29, 0.717) is 0 Å². The van der Waals surface area contributed by atoms with E-state index < -0.39 is 0 Å². The molecule has 0 radical (unpaired) electrons. The minimum absolute atomic E-state index is 0.936. The van der Waals surface area contributed by atoms with Gasteiger partial charge in [-0.3, -0.25) is 0 Å². The largest absolute Gasteiger partial charge is 0.221 e. The minimum Gasteiger partial charge on any atom is -0.221 e. The van der Waals surface area contributed by atoms with Crippen molar-refractivity contribution in [3.63, 3.8) is 0 Å². The summed E-state index contributed by atoms with van der Waals surface area (Å²) in [4.78, 5) is 4.11. The number of aromatic nitrogens is 3. The zero-order chi connectivity index (χ0) is 7.84. The maximum Gasteiger partial charge on any atom is 0.149 e. The summed E-state index contributed by atoms with van der Waals surface area (Å²) in [6.07, 6.45) is 3.52. The van der Waals surface area contributed by atoms with Crippen molar-refractivity contribution in [3.05, 3.63) is 22.2 Å². The predicted octanol–water partition coefficient (Wildman–Crippen LogP) is -0.408. The van der Waals surface area contributed by atoms with E-state index in [0.717, 1.165) is 11.1 Å². The van der Waals surface area contributed by atoms with Crippen LogP contribution in [0.25, 0.3) is 5.65 Å². The molecule has 0 aliphatic heterocycles. The summed E-state index contributed by atoms with van der Waals surface area (Å²) in [7, 11) is 2.03. The SMILES string of the molecule is Bc1cc(I)cn2ncnc12. The Morgan fingerprint density at radius 3 is 3.18 bits per heavy atom. The van der Waals surface area contributed by atoms with Crippen LogP contribution in [0.1, 0.15) is 0 Å². The summed E-state index contributed by atoms with van der Waals surface area (Å²) in [6, 6.07) is 2.09. The van der Waals surface area contributed by atoms with E-state index in [1.165, 1.54) is 3.57 Å². The molecule has 11 heavy (non-hydrogen) atoms. The Kier molecular flexibility index (Phi) is 1.59. The Morgan fingerprint density at radius 1 is 1.55 bits per heavy atom. The molecule has 2 rings (SSSR count). The highest BCUT2D eigenvalue weighted by atomic mass is 127. The first-order chi connectivity index (χ1) is 5.27. The number of halogens is 1. The van der Waals surface area contributed by atoms with Crippen LogP contribution in [-0.4, -0.2) is 22.4 Å². The molecule has 0 aromatic carbocycles. The van der Waals surface area contributed by atoms with Gasteiger partial charge < -0.3 is 0 Å². The van der Waals surface area contributed by atoms with Gasteiger partial charge in [0.25, 0.3) is 0 Å². The van der Waals surface area contributed by atoms with Crippen LogP contribution in [-0.2, 0) is 0 Å². The third-order valence-electron chi connectivity index (χ3n) is 1.53. The number of hydrogen-bond acceptors (Lipinski definition) is 2. The van der Waals surface area contributed by atoms with Gasteiger partial charge in [-0.05, 0) is 34.1 Å². The fourth-order valence-corrected chi connectivity index (χ4v) is 1.78. The monoisotopic (exact) mass is 257 g/mol. The first-order valence-corrected chi connectivity index (χ1v) is 4.31. The number of fused-ring (bicyclic) bond motifs is 1. The molecule has 0 amide bonds. The summed E-state index contributed by atoms with van der Waals surface area (Å²) >= 11 is 2.26. The highest BCUT2D eigenvalue weighted by Gasteiger charge is 1.99. The summed E-state index contributed by atoms with van der Waals surface area (Å²) < 4.78 is 2.97. The van der Waals surface area contributed by atoms with Crippen LogP contribution in [0.5, 0.6) is 0 Å². The van der Waals surface area contributed by atoms with Gasteiger partial charge in [0, 0.05) is 9.77 Å². The molecular formula is C6H5BIN3. The lowest BCUT2D eigenvalue weighted by Gasteiger charge is -1.96. The maximum atomic E-state index is 4.11. The normalized spacial score (nSPS) is 10.6. The molecule has 0 atom stereocenters. The lowest BCUT2D eigenvalue weighted by atomic mass is 9.98. The third kappa shape index (κ3) is 1.13. The van der Waals surface area contributed by atoms with E-state index in [4.69, 9.17) is 0 Å². The van der Waals surface area contributed by atoms with Gasteiger partial charge in [-0.25, -0.2) is 9.50 Å². The Hall–Kier alpha value is -0.585. The molecule has 0 saturated heterocycles. The van der Waals surface area contributed by atoms with Crippen molar-refractivity contribution in [1.82, 2.24) is 14.6 Å². The van der Waals surface area contributed by atoms with Gasteiger partial charge >= 0.3 is 0 Å². The van der Waals surface area contributed by atoms with Crippen molar-refractivity contribution >= 4 is 41.5 Å². The molecule has 0 N–H and O–H groups in total. The molecule has 0 saturated carbocycles. The maximum absolute atomic E-state index is 4.11. The van der Waals surface area contributed by atoms with Crippen molar-refractivity contribution in [2.24, 2.45) is 0 Å². The standard InChI is InChI=1S/C6H5BIN3/c7-5-1-4(8)2-11-6(5)9-3-10-11/h1-3H,7H2. The average molecular weight is 257 g/mol.